The quantitative estimate of drug-likeness (QED) is 0.666. The summed E-state index contributed by atoms with van der Waals surface area (Å²) in [6, 6.07) is 1.86. The number of nitrogens with two attached hydrogens (primary N) is 1. The van der Waals surface area contributed by atoms with Crippen LogP contribution >= 0.6 is 12.4 Å². The SMILES string of the molecule is CCc1ccnc(N)n1.Cl. The first-order chi connectivity index (χ1) is 4.33. The van der Waals surface area contributed by atoms with Crippen molar-refractivity contribution in [2.45, 2.75) is 13.3 Å². The molecular weight excluding hydrogens is 150 g/mol. The van der Waals surface area contributed by atoms with Gasteiger partial charge < -0.3 is 5.73 Å². The molecule has 0 fully saturated rings. The standard InChI is InChI=1S/C6H9N3.ClH/c1-2-5-3-4-8-6(7)9-5;/h3-4H,2H2,1H3,(H2,7,8,9);1H. The maximum atomic E-state index is 5.31. The van der Waals surface area contributed by atoms with Gasteiger partial charge in [0.1, 0.15) is 0 Å². The van der Waals surface area contributed by atoms with Gasteiger partial charge in [0.2, 0.25) is 5.95 Å². The number of aromatic nitrogens is 2. The van der Waals surface area contributed by atoms with E-state index in [1.165, 1.54) is 0 Å². The van der Waals surface area contributed by atoms with E-state index in [9.17, 15) is 0 Å². The van der Waals surface area contributed by atoms with E-state index in [0.717, 1.165) is 12.1 Å². The van der Waals surface area contributed by atoms with Gasteiger partial charge in [-0.25, -0.2) is 9.97 Å². The Morgan fingerprint density at radius 3 is 2.70 bits per heavy atom. The van der Waals surface area contributed by atoms with Crippen molar-refractivity contribution in [2.24, 2.45) is 0 Å². The molecule has 10 heavy (non-hydrogen) atoms. The minimum absolute atomic E-state index is 0. The predicted octanol–water partition coefficient (Wildman–Crippen LogP) is 1.04. The number of aryl methyl sites for hydroxylation is 1. The average molecular weight is 160 g/mol. The zero-order chi connectivity index (χ0) is 6.69. The second kappa shape index (κ2) is 4.06. The second-order valence-electron chi connectivity index (χ2n) is 1.76. The van der Waals surface area contributed by atoms with E-state index in [1.807, 2.05) is 13.0 Å². The monoisotopic (exact) mass is 159 g/mol. The Balaban J connectivity index is 0.000000810. The fourth-order valence-electron chi connectivity index (χ4n) is 0.610. The van der Waals surface area contributed by atoms with Crippen LogP contribution in [0.4, 0.5) is 5.95 Å². The Morgan fingerprint density at radius 2 is 2.30 bits per heavy atom. The molecule has 1 heterocycles. The van der Waals surface area contributed by atoms with Crippen molar-refractivity contribution in [1.82, 2.24) is 9.97 Å². The molecule has 0 saturated heterocycles. The van der Waals surface area contributed by atoms with Gasteiger partial charge in [-0.2, -0.15) is 0 Å². The van der Waals surface area contributed by atoms with Crippen LogP contribution in [0.25, 0.3) is 0 Å². The molecule has 0 radical (unpaired) electrons. The average Bonchev–Trinajstić information content (AvgIpc) is 1.88. The topological polar surface area (TPSA) is 51.8 Å². The summed E-state index contributed by atoms with van der Waals surface area (Å²) in [5.74, 6) is 0.356. The van der Waals surface area contributed by atoms with E-state index in [2.05, 4.69) is 9.97 Å². The van der Waals surface area contributed by atoms with Crippen molar-refractivity contribution in [1.29, 1.82) is 0 Å². The molecule has 0 aliphatic rings. The largest absolute Gasteiger partial charge is 0.368 e. The van der Waals surface area contributed by atoms with Crippen molar-refractivity contribution in [3.63, 3.8) is 0 Å². The van der Waals surface area contributed by atoms with E-state index in [4.69, 9.17) is 5.73 Å². The number of nitrogens with zero attached hydrogens (tertiary/aromatic N) is 2. The highest BCUT2D eigenvalue weighted by atomic mass is 35.5. The Kier molecular flexibility index (Phi) is 3.72. The maximum absolute atomic E-state index is 5.31. The molecule has 0 aliphatic carbocycles. The van der Waals surface area contributed by atoms with E-state index in [0.29, 0.717) is 5.95 Å². The molecular formula is C6H10ClN3. The first-order valence-corrected chi connectivity index (χ1v) is 2.90. The predicted molar refractivity (Wildman–Crippen MR) is 43.1 cm³/mol. The lowest BCUT2D eigenvalue weighted by Gasteiger charge is -1.93. The first kappa shape index (κ1) is 9.17. The lowest BCUT2D eigenvalue weighted by molar-refractivity contribution is 1.01. The number of anilines is 1. The van der Waals surface area contributed by atoms with Crippen molar-refractivity contribution in [3.8, 4) is 0 Å². The molecule has 1 aromatic heterocycles. The number of rotatable bonds is 1. The van der Waals surface area contributed by atoms with Gasteiger partial charge in [-0.15, -0.1) is 12.4 Å². The smallest absolute Gasteiger partial charge is 0.220 e. The van der Waals surface area contributed by atoms with Crippen LogP contribution in [0.1, 0.15) is 12.6 Å². The molecule has 0 atom stereocenters. The molecule has 3 nitrogen and oxygen atoms in total. The van der Waals surface area contributed by atoms with E-state index < -0.39 is 0 Å². The minimum Gasteiger partial charge on any atom is -0.368 e. The molecule has 0 aliphatic heterocycles. The fraction of sp³-hybridized carbons (Fsp3) is 0.333. The van der Waals surface area contributed by atoms with Crippen LogP contribution in [0.15, 0.2) is 12.3 Å². The highest BCUT2D eigenvalue weighted by Gasteiger charge is 1.89. The maximum Gasteiger partial charge on any atom is 0.220 e. The van der Waals surface area contributed by atoms with Crippen LogP contribution in [0, 0.1) is 0 Å². The number of nitrogen functional groups attached to an aromatic ring is 1. The van der Waals surface area contributed by atoms with E-state index in [-0.39, 0.29) is 12.4 Å². The molecule has 0 bridgehead atoms. The van der Waals surface area contributed by atoms with E-state index in [1.54, 1.807) is 6.20 Å². The fourth-order valence-corrected chi connectivity index (χ4v) is 0.610. The lowest BCUT2D eigenvalue weighted by atomic mass is 10.3. The van der Waals surface area contributed by atoms with Crippen molar-refractivity contribution in [2.75, 3.05) is 5.73 Å². The molecule has 56 valence electrons. The molecule has 0 spiro atoms. The summed E-state index contributed by atoms with van der Waals surface area (Å²) in [6.07, 6.45) is 2.58. The number of halogens is 1. The summed E-state index contributed by atoms with van der Waals surface area (Å²) in [5.41, 5.74) is 6.30. The highest BCUT2D eigenvalue weighted by molar-refractivity contribution is 5.85. The van der Waals surface area contributed by atoms with Crippen molar-refractivity contribution < 1.29 is 0 Å². The van der Waals surface area contributed by atoms with Gasteiger partial charge in [-0.1, -0.05) is 6.92 Å². The first-order valence-electron chi connectivity index (χ1n) is 2.90. The molecule has 0 aromatic carbocycles. The lowest BCUT2D eigenvalue weighted by Crippen LogP contribution is -1.96. The van der Waals surface area contributed by atoms with Crippen molar-refractivity contribution >= 4 is 18.4 Å². The van der Waals surface area contributed by atoms with Gasteiger partial charge >= 0.3 is 0 Å². The number of hydrogen-bond donors (Lipinski definition) is 1. The van der Waals surface area contributed by atoms with Crippen LogP contribution in [-0.4, -0.2) is 9.97 Å². The van der Waals surface area contributed by atoms with Crippen molar-refractivity contribution in [3.05, 3.63) is 18.0 Å². The van der Waals surface area contributed by atoms with Crippen LogP contribution in [-0.2, 0) is 6.42 Å². The van der Waals surface area contributed by atoms with Crippen LogP contribution in [0.5, 0.6) is 0 Å². The molecule has 0 saturated carbocycles. The molecule has 0 unspecified atom stereocenters. The summed E-state index contributed by atoms with van der Waals surface area (Å²) in [6.45, 7) is 2.03. The summed E-state index contributed by atoms with van der Waals surface area (Å²) in [7, 11) is 0. The summed E-state index contributed by atoms with van der Waals surface area (Å²) >= 11 is 0. The Hall–Kier alpha value is -0.830. The highest BCUT2D eigenvalue weighted by Crippen LogP contribution is 1.95. The molecule has 1 aromatic rings. The Morgan fingerprint density at radius 1 is 1.60 bits per heavy atom. The molecule has 4 heteroatoms. The van der Waals surface area contributed by atoms with Crippen LogP contribution in [0.2, 0.25) is 0 Å². The van der Waals surface area contributed by atoms with Gasteiger partial charge in [-0.3, -0.25) is 0 Å². The van der Waals surface area contributed by atoms with Crippen LogP contribution in [0.3, 0.4) is 0 Å². The molecule has 1 rings (SSSR count). The van der Waals surface area contributed by atoms with E-state index >= 15 is 0 Å². The minimum atomic E-state index is 0. The van der Waals surface area contributed by atoms with Gasteiger partial charge in [0.05, 0.1) is 0 Å². The third-order valence-corrected chi connectivity index (χ3v) is 1.09. The second-order valence-corrected chi connectivity index (χ2v) is 1.76. The number of hydrogen-bond acceptors (Lipinski definition) is 3. The molecule has 2 N–H and O–H groups in total. The molecule has 0 amide bonds. The Labute approximate surface area is 66.1 Å². The normalized spacial score (nSPS) is 8.50. The summed E-state index contributed by atoms with van der Waals surface area (Å²) in [5, 5.41) is 0. The third kappa shape index (κ3) is 2.19. The van der Waals surface area contributed by atoms with Gasteiger partial charge in [0.25, 0.3) is 0 Å². The van der Waals surface area contributed by atoms with Crippen LogP contribution < -0.4 is 5.73 Å². The van der Waals surface area contributed by atoms with Gasteiger partial charge in [0.15, 0.2) is 0 Å². The van der Waals surface area contributed by atoms with Gasteiger partial charge in [0, 0.05) is 11.9 Å². The summed E-state index contributed by atoms with van der Waals surface area (Å²) < 4.78 is 0. The third-order valence-electron chi connectivity index (χ3n) is 1.09. The van der Waals surface area contributed by atoms with Gasteiger partial charge in [-0.05, 0) is 12.5 Å². The zero-order valence-corrected chi connectivity index (χ0v) is 6.56. The summed E-state index contributed by atoms with van der Waals surface area (Å²) in [4.78, 5) is 7.71. The Bertz CT molecular complexity index is 202. The zero-order valence-electron chi connectivity index (χ0n) is 5.74.